The summed E-state index contributed by atoms with van der Waals surface area (Å²) in [7, 11) is 0. The Balaban J connectivity index is 2.60. The van der Waals surface area contributed by atoms with Crippen LogP contribution in [0.4, 0.5) is 26.3 Å². The fourth-order valence-electron chi connectivity index (χ4n) is 1.83. The van der Waals surface area contributed by atoms with Crippen LogP contribution in [0.25, 0.3) is 0 Å². The van der Waals surface area contributed by atoms with Gasteiger partial charge in [-0.2, -0.15) is 26.3 Å². The Labute approximate surface area is 91.7 Å². The van der Waals surface area contributed by atoms with E-state index in [9.17, 15) is 31.4 Å². The maximum Gasteiger partial charge on any atom is 0.379 e. The van der Waals surface area contributed by atoms with Crippen LogP contribution < -0.4 is 0 Å². The standard InChI is InChI=1S/C10H6F6O/c11-8(12)7(17,6-4-2-1-3-5-6)9(13,14)10(8,15)16/h1-5,17H. The van der Waals surface area contributed by atoms with E-state index in [-0.39, 0.29) is 0 Å². The molecule has 1 N–H and O–H groups in total. The zero-order valence-corrected chi connectivity index (χ0v) is 8.10. The van der Waals surface area contributed by atoms with E-state index in [1.165, 1.54) is 6.07 Å². The summed E-state index contributed by atoms with van der Waals surface area (Å²) in [5.41, 5.74) is -5.12. The van der Waals surface area contributed by atoms with E-state index in [1.54, 1.807) is 0 Å². The first-order chi connectivity index (χ1) is 7.61. The van der Waals surface area contributed by atoms with Crippen molar-refractivity contribution in [1.82, 2.24) is 0 Å². The Morgan fingerprint density at radius 1 is 0.706 bits per heavy atom. The van der Waals surface area contributed by atoms with Crippen molar-refractivity contribution < 1.29 is 31.4 Å². The number of halogens is 6. The SMILES string of the molecule is OC1(c2ccccc2)C(F)(F)C(F)(F)C1(F)F. The van der Waals surface area contributed by atoms with Gasteiger partial charge in [0.05, 0.1) is 0 Å². The first kappa shape index (κ1) is 12.2. The lowest BCUT2D eigenvalue weighted by Gasteiger charge is -2.55. The average Bonchev–Trinajstić information content (AvgIpc) is 2.27. The van der Waals surface area contributed by atoms with Gasteiger partial charge in [0.2, 0.25) is 5.60 Å². The van der Waals surface area contributed by atoms with Crippen molar-refractivity contribution in [3.05, 3.63) is 35.9 Å². The lowest BCUT2D eigenvalue weighted by atomic mass is 9.64. The second kappa shape index (κ2) is 2.95. The molecule has 0 atom stereocenters. The molecule has 17 heavy (non-hydrogen) atoms. The second-order valence-electron chi connectivity index (χ2n) is 3.80. The second-order valence-corrected chi connectivity index (χ2v) is 3.80. The molecule has 1 aromatic rings. The Bertz CT molecular complexity index is 423. The molecule has 1 aromatic carbocycles. The molecule has 1 fully saturated rings. The first-order valence-electron chi connectivity index (χ1n) is 4.52. The smallest absolute Gasteiger partial charge is 0.374 e. The minimum Gasteiger partial charge on any atom is -0.374 e. The van der Waals surface area contributed by atoms with Gasteiger partial charge in [-0.3, -0.25) is 0 Å². The molecule has 0 spiro atoms. The summed E-state index contributed by atoms with van der Waals surface area (Å²) in [5.74, 6) is -16.0. The summed E-state index contributed by atoms with van der Waals surface area (Å²) < 4.78 is 77.5. The van der Waals surface area contributed by atoms with Gasteiger partial charge in [-0.1, -0.05) is 30.3 Å². The van der Waals surface area contributed by atoms with Gasteiger partial charge in [-0.25, -0.2) is 0 Å². The Hall–Kier alpha value is -1.24. The number of hydrogen-bond donors (Lipinski definition) is 1. The van der Waals surface area contributed by atoms with Crippen LogP contribution in [0.1, 0.15) is 5.56 Å². The van der Waals surface area contributed by atoms with Crippen LogP contribution in [0.3, 0.4) is 0 Å². The molecule has 1 aliphatic rings. The molecule has 1 nitrogen and oxygen atoms in total. The van der Waals surface area contributed by atoms with E-state index < -0.39 is 28.9 Å². The number of hydrogen-bond acceptors (Lipinski definition) is 1. The Morgan fingerprint density at radius 2 is 1.12 bits per heavy atom. The molecule has 0 saturated heterocycles. The van der Waals surface area contributed by atoms with E-state index in [1.807, 2.05) is 0 Å². The van der Waals surface area contributed by atoms with Crippen molar-refractivity contribution >= 4 is 0 Å². The van der Waals surface area contributed by atoms with Gasteiger partial charge in [0, 0.05) is 0 Å². The van der Waals surface area contributed by atoms with Gasteiger partial charge in [0.1, 0.15) is 0 Å². The average molecular weight is 256 g/mol. The van der Waals surface area contributed by atoms with Gasteiger partial charge < -0.3 is 5.11 Å². The molecule has 0 heterocycles. The van der Waals surface area contributed by atoms with Gasteiger partial charge >= 0.3 is 17.8 Å². The highest BCUT2D eigenvalue weighted by atomic mass is 19.4. The zero-order valence-electron chi connectivity index (χ0n) is 8.10. The van der Waals surface area contributed by atoms with Crippen molar-refractivity contribution in [3.63, 3.8) is 0 Å². The predicted octanol–water partition coefficient (Wildman–Crippen LogP) is 2.79. The van der Waals surface area contributed by atoms with Crippen molar-refractivity contribution in [2.75, 3.05) is 0 Å². The van der Waals surface area contributed by atoms with Crippen LogP contribution in [-0.4, -0.2) is 22.9 Å². The van der Waals surface area contributed by atoms with Crippen LogP contribution in [0.2, 0.25) is 0 Å². The van der Waals surface area contributed by atoms with E-state index in [2.05, 4.69) is 0 Å². The fourth-order valence-corrected chi connectivity index (χ4v) is 1.83. The molecule has 0 aromatic heterocycles. The molecule has 1 saturated carbocycles. The van der Waals surface area contributed by atoms with Crippen LogP contribution in [0.15, 0.2) is 30.3 Å². The summed E-state index contributed by atoms with van der Waals surface area (Å²) in [6, 6.07) is 5.00. The third-order valence-corrected chi connectivity index (χ3v) is 2.89. The highest BCUT2D eigenvalue weighted by molar-refractivity contribution is 5.39. The molecule has 0 amide bonds. The van der Waals surface area contributed by atoms with Gasteiger partial charge in [0.25, 0.3) is 0 Å². The zero-order chi connectivity index (χ0) is 13.1. The molecular formula is C10H6F6O. The number of benzene rings is 1. The largest absolute Gasteiger partial charge is 0.379 e. The van der Waals surface area contributed by atoms with Crippen LogP contribution in [-0.2, 0) is 5.60 Å². The summed E-state index contributed by atoms with van der Waals surface area (Å²) in [6.45, 7) is 0. The summed E-state index contributed by atoms with van der Waals surface area (Å²) >= 11 is 0. The van der Waals surface area contributed by atoms with Crippen molar-refractivity contribution in [2.45, 2.75) is 23.4 Å². The molecular weight excluding hydrogens is 250 g/mol. The maximum absolute atomic E-state index is 13.1. The van der Waals surface area contributed by atoms with E-state index >= 15 is 0 Å². The minimum atomic E-state index is -5.56. The quantitative estimate of drug-likeness (QED) is 0.766. The fraction of sp³-hybridized carbons (Fsp3) is 0.400. The molecule has 0 bridgehead atoms. The topological polar surface area (TPSA) is 20.2 Å². The molecule has 2 rings (SSSR count). The van der Waals surface area contributed by atoms with Crippen LogP contribution in [0.5, 0.6) is 0 Å². The van der Waals surface area contributed by atoms with E-state index in [0.29, 0.717) is 0 Å². The van der Waals surface area contributed by atoms with Crippen LogP contribution in [0, 0.1) is 0 Å². The Morgan fingerprint density at radius 3 is 1.53 bits per heavy atom. The number of aliphatic hydroxyl groups is 1. The van der Waals surface area contributed by atoms with Gasteiger partial charge in [0.15, 0.2) is 0 Å². The van der Waals surface area contributed by atoms with Gasteiger partial charge in [-0.05, 0) is 5.56 Å². The molecule has 7 heteroatoms. The van der Waals surface area contributed by atoms with Crippen molar-refractivity contribution in [1.29, 1.82) is 0 Å². The van der Waals surface area contributed by atoms with Crippen molar-refractivity contribution in [2.24, 2.45) is 0 Å². The summed E-state index contributed by atoms with van der Waals surface area (Å²) in [6.07, 6.45) is 0. The minimum absolute atomic E-state index is 0.747. The lowest BCUT2D eigenvalue weighted by molar-refractivity contribution is -0.497. The van der Waals surface area contributed by atoms with Crippen molar-refractivity contribution in [3.8, 4) is 0 Å². The Kier molecular flexibility index (Phi) is 2.12. The molecule has 0 unspecified atom stereocenters. The number of rotatable bonds is 1. The molecule has 94 valence electrons. The van der Waals surface area contributed by atoms with Crippen LogP contribution >= 0.6 is 0 Å². The predicted molar refractivity (Wildman–Crippen MR) is 45.2 cm³/mol. The monoisotopic (exact) mass is 256 g/mol. The molecule has 1 aliphatic carbocycles. The molecule has 0 radical (unpaired) electrons. The van der Waals surface area contributed by atoms with E-state index in [0.717, 1.165) is 24.3 Å². The summed E-state index contributed by atoms with van der Waals surface area (Å²) in [5, 5.41) is 9.29. The highest BCUT2D eigenvalue weighted by Gasteiger charge is 2.98. The van der Waals surface area contributed by atoms with E-state index in [4.69, 9.17) is 0 Å². The lowest BCUT2D eigenvalue weighted by Crippen LogP contribution is -2.84. The number of alkyl halides is 6. The maximum atomic E-state index is 13.1. The first-order valence-corrected chi connectivity index (χ1v) is 4.52. The third-order valence-electron chi connectivity index (χ3n) is 2.89. The highest BCUT2D eigenvalue weighted by Crippen LogP contribution is 2.70. The molecule has 0 aliphatic heterocycles. The summed E-state index contributed by atoms with van der Waals surface area (Å²) in [4.78, 5) is 0. The normalized spacial score (nSPS) is 27.2. The third kappa shape index (κ3) is 1.01. The van der Waals surface area contributed by atoms with Gasteiger partial charge in [-0.15, -0.1) is 0 Å².